The van der Waals surface area contributed by atoms with Crippen LogP contribution in [0, 0.1) is 5.82 Å². The number of carbonyl (C=O) groups is 1. The number of amides is 1. The molecule has 1 heterocycles. The van der Waals surface area contributed by atoms with Gasteiger partial charge in [0.05, 0.1) is 6.54 Å². The number of fused-ring (bicyclic) bond motifs is 1. The lowest BCUT2D eigenvalue weighted by Gasteiger charge is -2.22. The molecule has 0 spiro atoms. The molecule has 0 fully saturated rings. The van der Waals surface area contributed by atoms with Crippen LogP contribution in [-0.2, 0) is 13.0 Å². The Hall–Kier alpha value is -2.79. The molecule has 1 aliphatic rings. The summed E-state index contributed by atoms with van der Waals surface area (Å²) in [5, 5.41) is 0. The molecular formula is C25H24FNO2S. The maximum absolute atomic E-state index is 14.8. The first kappa shape index (κ1) is 20.5. The van der Waals surface area contributed by atoms with Crippen molar-refractivity contribution in [3.8, 4) is 16.9 Å². The molecule has 0 aromatic heterocycles. The number of thioether (sulfide) groups is 1. The maximum Gasteiger partial charge on any atom is 0.254 e. The first-order chi connectivity index (χ1) is 14.6. The minimum absolute atomic E-state index is 0.153. The predicted octanol–water partition coefficient (Wildman–Crippen LogP) is 5.81. The molecule has 0 saturated heterocycles. The van der Waals surface area contributed by atoms with Gasteiger partial charge in [0.15, 0.2) is 0 Å². The van der Waals surface area contributed by atoms with E-state index in [0.29, 0.717) is 42.1 Å². The average molecular weight is 422 g/mol. The zero-order valence-electron chi connectivity index (χ0n) is 17.2. The SMILES string of the molecule is CCc1c(C(=O)N2CCOc3ccc(-c4ccccc4)cc3C2)ccc(SC)c1F. The van der Waals surface area contributed by atoms with Crippen molar-refractivity contribution in [3.63, 3.8) is 0 Å². The lowest BCUT2D eigenvalue weighted by atomic mass is 10.0. The standard InChI is InChI=1S/C25H24FNO2S/c1-3-20-21(10-12-23(30-2)24(20)26)25(28)27-13-14-29-22-11-9-18(15-19(22)16-27)17-7-5-4-6-8-17/h4-12,15H,3,13-14,16H2,1-2H3. The summed E-state index contributed by atoms with van der Waals surface area (Å²) in [7, 11) is 0. The van der Waals surface area contributed by atoms with E-state index in [1.165, 1.54) is 11.8 Å². The molecule has 0 atom stereocenters. The monoisotopic (exact) mass is 421 g/mol. The van der Waals surface area contributed by atoms with Crippen molar-refractivity contribution in [1.29, 1.82) is 0 Å². The van der Waals surface area contributed by atoms with Gasteiger partial charge < -0.3 is 9.64 Å². The van der Waals surface area contributed by atoms with E-state index in [-0.39, 0.29) is 11.7 Å². The summed E-state index contributed by atoms with van der Waals surface area (Å²) in [5.41, 5.74) is 4.08. The van der Waals surface area contributed by atoms with Crippen molar-refractivity contribution >= 4 is 17.7 Å². The molecule has 3 aromatic carbocycles. The fraction of sp³-hybridized carbons (Fsp3) is 0.240. The van der Waals surface area contributed by atoms with Gasteiger partial charge in [0, 0.05) is 28.1 Å². The zero-order valence-corrected chi connectivity index (χ0v) is 18.0. The number of hydrogen-bond acceptors (Lipinski definition) is 3. The van der Waals surface area contributed by atoms with Gasteiger partial charge in [-0.2, -0.15) is 0 Å². The summed E-state index contributed by atoms with van der Waals surface area (Å²) >= 11 is 1.35. The van der Waals surface area contributed by atoms with Crippen LogP contribution in [0.1, 0.15) is 28.4 Å². The minimum atomic E-state index is -0.284. The van der Waals surface area contributed by atoms with Gasteiger partial charge in [0.2, 0.25) is 0 Å². The van der Waals surface area contributed by atoms with E-state index < -0.39 is 0 Å². The Morgan fingerprint density at radius 3 is 2.63 bits per heavy atom. The first-order valence-electron chi connectivity index (χ1n) is 10.1. The summed E-state index contributed by atoms with van der Waals surface area (Å²) in [4.78, 5) is 15.7. The number of carbonyl (C=O) groups excluding carboxylic acids is 1. The van der Waals surface area contributed by atoms with Crippen molar-refractivity contribution in [1.82, 2.24) is 4.90 Å². The Kier molecular flexibility index (Phi) is 6.09. The van der Waals surface area contributed by atoms with Crippen LogP contribution in [0.4, 0.5) is 4.39 Å². The molecule has 5 heteroatoms. The van der Waals surface area contributed by atoms with E-state index in [4.69, 9.17) is 4.74 Å². The van der Waals surface area contributed by atoms with Crippen molar-refractivity contribution in [2.24, 2.45) is 0 Å². The molecule has 0 aliphatic carbocycles. The second kappa shape index (κ2) is 8.92. The number of hydrogen-bond donors (Lipinski definition) is 0. The fourth-order valence-corrected chi connectivity index (χ4v) is 4.36. The topological polar surface area (TPSA) is 29.5 Å². The molecule has 0 N–H and O–H groups in total. The van der Waals surface area contributed by atoms with Crippen LogP contribution in [0.5, 0.6) is 5.75 Å². The molecule has 3 nitrogen and oxygen atoms in total. The third-order valence-corrected chi connectivity index (χ3v) is 6.20. The number of ether oxygens (including phenoxy) is 1. The molecule has 30 heavy (non-hydrogen) atoms. The van der Waals surface area contributed by atoms with Gasteiger partial charge in [-0.25, -0.2) is 4.39 Å². The lowest BCUT2D eigenvalue weighted by molar-refractivity contribution is 0.0731. The Bertz CT molecular complexity index is 1070. The largest absolute Gasteiger partial charge is 0.491 e. The van der Waals surface area contributed by atoms with E-state index in [1.54, 1.807) is 17.0 Å². The van der Waals surface area contributed by atoms with E-state index >= 15 is 0 Å². The lowest BCUT2D eigenvalue weighted by Crippen LogP contribution is -2.33. The highest BCUT2D eigenvalue weighted by Gasteiger charge is 2.25. The van der Waals surface area contributed by atoms with Gasteiger partial charge in [-0.3, -0.25) is 4.79 Å². The molecule has 0 bridgehead atoms. The predicted molar refractivity (Wildman–Crippen MR) is 120 cm³/mol. The van der Waals surface area contributed by atoms with Gasteiger partial charge >= 0.3 is 0 Å². The van der Waals surface area contributed by atoms with Crippen LogP contribution < -0.4 is 4.74 Å². The zero-order chi connectivity index (χ0) is 21.1. The van der Waals surface area contributed by atoms with Crippen molar-refractivity contribution in [2.75, 3.05) is 19.4 Å². The number of rotatable bonds is 4. The normalized spacial score (nSPS) is 13.4. The molecular weight excluding hydrogens is 397 g/mol. The van der Waals surface area contributed by atoms with Crippen molar-refractivity contribution in [2.45, 2.75) is 24.8 Å². The Morgan fingerprint density at radius 1 is 1.10 bits per heavy atom. The molecule has 1 aliphatic heterocycles. The average Bonchev–Trinajstić information content (AvgIpc) is 3.01. The highest BCUT2D eigenvalue weighted by atomic mass is 32.2. The summed E-state index contributed by atoms with van der Waals surface area (Å²) in [6.07, 6.45) is 2.31. The van der Waals surface area contributed by atoms with Gasteiger partial charge in [-0.05, 0) is 48.1 Å². The van der Waals surface area contributed by atoms with Crippen LogP contribution in [0.2, 0.25) is 0 Å². The Balaban J connectivity index is 1.66. The van der Waals surface area contributed by atoms with E-state index in [1.807, 2.05) is 43.5 Å². The molecule has 154 valence electrons. The summed E-state index contributed by atoms with van der Waals surface area (Å²) < 4.78 is 20.7. The van der Waals surface area contributed by atoms with Crippen molar-refractivity contribution in [3.05, 3.63) is 83.2 Å². The second-order valence-corrected chi connectivity index (χ2v) is 8.07. The smallest absolute Gasteiger partial charge is 0.254 e. The number of nitrogens with zero attached hydrogens (tertiary/aromatic N) is 1. The second-order valence-electron chi connectivity index (χ2n) is 7.23. The third kappa shape index (κ3) is 3.94. The fourth-order valence-electron chi connectivity index (χ4n) is 3.85. The van der Waals surface area contributed by atoms with Gasteiger partial charge in [0.1, 0.15) is 18.2 Å². The number of halogens is 1. The quantitative estimate of drug-likeness (QED) is 0.498. The van der Waals surface area contributed by atoms with Crippen LogP contribution in [0.15, 0.2) is 65.6 Å². The molecule has 0 saturated carbocycles. The molecule has 1 amide bonds. The molecule has 0 unspecified atom stereocenters. The number of benzene rings is 3. The van der Waals surface area contributed by atoms with Gasteiger partial charge in [-0.15, -0.1) is 11.8 Å². The van der Waals surface area contributed by atoms with Gasteiger partial charge in [0.25, 0.3) is 5.91 Å². The third-order valence-electron chi connectivity index (χ3n) is 5.45. The summed E-state index contributed by atoms with van der Waals surface area (Å²) in [5.74, 6) is 0.360. The van der Waals surface area contributed by atoms with Crippen LogP contribution in [0.25, 0.3) is 11.1 Å². The molecule has 3 aromatic rings. The van der Waals surface area contributed by atoms with Crippen LogP contribution in [0.3, 0.4) is 0 Å². The summed E-state index contributed by atoms with van der Waals surface area (Å²) in [6, 6.07) is 19.7. The highest BCUT2D eigenvalue weighted by molar-refractivity contribution is 7.98. The van der Waals surface area contributed by atoms with Crippen LogP contribution >= 0.6 is 11.8 Å². The Morgan fingerprint density at radius 2 is 1.90 bits per heavy atom. The Labute approximate surface area is 180 Å². The summed E-state index contributed by atoms with van der Waals surface area (Å²) in [6.45, 7) is 3.19. The van der Waals surface area contributed by atoms with Crippen molar-refractivity contribution < 1.29 is 13.9 Å². The maximum atomic E-state index is 14.8. The molecule has 0 radical (unpaired) electrons. The van der Waals surface area contributed by atoms with E-state index in [9.17, 15) is 9.18 Å². The molecule has 4 rings (SSSR count). The van der Waals surface area contributed by atoms with E-state index in [0.717, 1.165) is 22.4 Å². The van der Waals surface area contributed by atoms with Gasteiger partial charge in [-0.1, -0.05) is 43.3 Å². The highest BCUT2D eigenvalue weighted by Crippen LogP contribution is 2.31. The van der Waals surface area contributed by atoms with Crippen LogP contribution in [-0.4, -0.2) is 30.2 Å². The first-order valence-corrected chi connectivity index (χ1v) is 11.3. The van der Waals surface area contributed by atoms with E-state index in [2.05, 4.69) is 18.2 Å². The minimum Gasteiger partial charge on any atom is -0.491 e.